The zero-order valence-corrected chi connectivity index (χ0v) is 12.8. The lowest BCUT2D eigenvalue weighted by atomic mass is 10.0. The average molecular weight is 325 g/mol. The third-order valence-corrected chi connectivity index (χ3v) is 3.45. The van der Waals surface area contributed by atoms with Crippen LogP contribution in [0.25, 0.3) is 10.9 Å². The summed E-state index contributed by atoms with van der Waals surface area (Å²) in [5.41, 5.74) is 1.41. The first-order chi connectivity index (χ1) is 10.9. The van der Waals surface area contributed by atoms with Crippen molar-refractivity contribution in [3.05, 3.63) is 41.6 Å². The maximum absolute atomic E-state index is 12.3. The lowest BCUT2D eigenvalue weighted by Crippen LogP contribution is -2.09. The molecule has 2 rings (SSSR count). The van der Waals surface area contributed by atoms with E-state index >= 15 is 0 Å². The van der Waals surface area contributed by atoms with Gasteiger partial charge in [0.1, 0.15) is 0 Å². The van der Waals surface area contributed by atoms with Crippen molar-refractivity contribution in [2.45, 2.75) is 38.8 Å². The number of esters is 1. The quantitative estimate of drug-likeness (QED) is 0.571. The summed E-state index contributed by atoms with van der Waals surface area (Å²) in [6.07, 6.45) is -2.05. The number of benzene rings is 1. The molecule has 0 aliphatic heterocycles. The summed E-state index contributed by atoms with van der Waals surface area (Å²) >= 11 is 0. The molecule has 1 aromatic carbocycles. The van der Waals surface area contributed by atoms with Crippen molar-refractivity contribution < 1.29 is 22.7 Å². The zero-order valence-electron chi connectivity index (χ0n) is 12.8. The summed E-state index contributed by atoms with van der Waals surface area (Å²) in [4.78, 5) is 16.3. The molecule has 0 spiro atoms. The molecule has 0 atom stereocenters. The minimum absolute atomic E-state index is 0.126. The Labute approximate surface area is 132 Å². The number of fused-ring (bicyclic) bond motifs is 1. The van der Waals surface area contributed by atoms with Crippen LogP contribution in [0.5, 0.6) is 0 Å². The number of rotatable bonds is 6. The molecule has 0 saturated heterocycles. The van der Waals surface area contributed by atoms with Crippen molar-refractivity contribution in [1.82, 2.24) is 4.98 Å². The first-order valence-electron chi connectivity index (χ1n) is 7.52. The topological polar surface area (TPSA) is 39.2 Å². The Morgan fingerprint density at radius 2 is 2.04 bits per heavy atom. The molecule has 2 aromatic rings. The van der Waals surface area contributed by atoms with Crippen molar-refractivity contribution in [1.29, 1.82) is 0 Å². The lowest BCUT2D eigenvalue weighted by molar-refractivity contribution is -0.133. The number of nitrogens with zero attached hydrogens (tertiary/aromatic N) is 1. The number of aryl methyl sites for hydroxylation is 1. The molecule has 0 amide bonds. The Hall–Kier alpha value is -2.11. The number of hydrogen-bond donors (Lipinski definition) is 0. The molecular formula is C17H18F3NO2. The van der Waals surface area contributed by atoms with E-state index in [4.69, 9.17) is 4.74 Å². The van der Waals surface area contributed by atoms with Crippen molar-refractivity contribution >= 4 is 16.9 Å². The molecule has 0 N–H and O–H groups in total. The van der Waals surface area contributed by atoms with Gasteiger partial charge in [0.25, 0.3) is 0 Å². The molecule has 0 aliphatic rings. The number of unbranched alkanes of at least 4 members (excludes halogenated alkanes) is 1. The highest BCUT2D eigenvalue weighted by atomic mass is 19.4. The maximum atomic E-state index is 12.3. The Kier molecular flexibility index (Phi) is 5.58. The SMILES string of the molecule is CCCCOC(=O)c1ccnc2ccc(CCC(F)(F)F)cc12. The van der Waals surface area contributed by atoms with E-state index in [0.29, 0.717) is 28.6 Å². The van der Waals surface area contributed by atoms with E-state index in [1.54, 1.807) is 18.2 Å². The summed E-state index contributed by atoms with van der Waals surface area (Å²) in [6, 6.07) is 6.35. The molecule has 0 aliphatic carbocycles. The molecule has 1 aromatic heterocycles. The van der Waals surface area contributed by atoms with Gasteiger partial charge in [0.15, 0.2) is 0 Å². The number of carbonyl (C=O) groups excluding carboxylic acids is 1. The van der Waals surface area contributed by atoms with Crippen LogP contribution in [0, 0.1) is 0 Å². The molecule has 124 valence electrons. The van der Waals surface area contributed by atoms with E-state index in [2.05, 4.69) is 4.98 Å². The third kappa shape index (κ3) is 4.94. The molecule has 0 bridgehead atoms. The van der Waals surface area contributed by atoms with Crippen LogP contribution in [0.15, 0.2) is 30.5 Å². The Bertz CT molecular complexity index is 683. The van der Waals surface area contributed by atoms with Crippen LogP contribution in [0.3, 0.4) is 0 Å². The van der Waals surface area contributed by atoms with Crippen molar-refractivity contribution in [3.63, 3.8) is 0 Å². The normalized spacial score (nSPS) is 11.7. The molecule has 1 heterocycles. The van der Waals surface area contributed by atoms with Crippen molar-refractivity contribution in [2.75, 3.05) is 6.61 Å². The number of ether oxygens (including phenoxy) is 1. The minimum Gasteiger partial charge on any atom is -0.462 e. The molecule has 0 fully saturated rings. The molecular weight excluding hydrogens is 307 g/mol. The highest BCUT2D eigenvalue weighted by Gasteiger charge is 2.26. The fraction of sp³-hybridized carbons (Fsp3) is 0.412. The van der Waals surface area contributed by atoms with Gasteiger partial charge in [0.05, 0.1) is 17.7 Å². The van der Waals surface area contributed by atoms with Crippen LogP contribution >= 0.6 is 0 Å². The molecule has 0 saturated carbocycles. The van der Waals surface area contributed by atoms with E-state index in [1.165, 1.54) is 12.3 Å². The minimum atomic E-state index is -4.20. The van der Waals surface area contributed by atoms with Gasteiger partial charge in [-0.3, -0.25) is 4.98 Å². The standard InChI is InChI=1S/C17H18F3NO2/c1-2-3-10-23-16(22)13-7-9-21-15-5-4-12(11-14(13)15)6-8-17(18,19)20/h4-5,7,9,11H,2-3,6,8,10H2,1H3. The fourth-order valence-corrected chi connectivity index (χ4v) is 2.20. The summed E-state index contributed by atoms with van der Waals surface area (Å²) in [5, 5.41) is 0.522. The van der Waals surface area contributed by atoms with E-state index in [9.17, 15) is 18.0 Å². The van der Waals surface area contributed by atoms with Gasteiger partial charge in [-0.1, -0.05) is 19.4 Å². The average Bonchev–Trinajstić information content (AvgIpc) is 2.51. The highest BCUT2D eigenvalue weighted by molar-refractivity contribution is 6.03. The summed E-state index contributed by atoms with van der Waals surface area (Å²) in [6.45, 7) is 2.31. The van der Waals surface area contributed by atoms with Crippen LogP contribution < -0.4 is 0 Å². The number of carbonyl (C=O) groups is 1. The van der Waals surface area contributed by atoms with Gasteiger partial charge in [-0.15, -0.1) is 0 Å². The van der Waals surface area contributed by atoms with Gasteiger partial charge >= 0.3 is 12.1 Å². The smallest absolute Gasteiger partial charge is 0.389 e. The lowest BCUT2D eigenvalue weighted by Gasteiger charge is -2.09. The van der Waals surface area contributed by atoms with Crippen LogP contribution in [-0.2, 0) is 11.2 Å². The molecule has 6 heteroatoms. The van der Waals surface area contributed by atoms with Gasteiger partial charge in [0, 0.05) is 18.0 Å². The van der Waals surface area contributed by atoms with Gasteiger partial charge in [0.2, 0.25) is 0 Å². The summed E-state index contributed by atoms with van der Waals surface area (Å²) in [5.74, 6) is -0.473. The summed E-state index contributed by atoms with van der Waals surface area (Å²) < 4.78 is 42.2. The van der Waals surface area contributed by atoms with E-state index in [1.807, 2.05) is 6.92 Å². The number of pyridine rings is 1. The second kappa shape index (κ2) is 7.44. The Balaban J connectivity index is 2.25. The number of halogens is 3. The van der Waals surface area contributed by atoms with Crippen LogP contribution in [0.4, 0.5) is 13.2 Å². The van der Waals surface area contributed by atoms with E-state index < -0.39 is 18.6 Å². The van der Waals surface area contributed by atoms with Crippen molar-refractivity contribution in [2.24, 2.45) is 0 Å². The monoisotopic (exact) mass is 325 g/mol. The maximum Gasteiger partial charge on any atom is 0.389 e. The molecule has 3 nitrogen and oxygen atoms in total. The predicted molar refractivity (Wildman–Crippen MR) is 81.3 cm³/mol. The first kappa shape index (κ1) is 17.2. The fourth-order valence-electron chi connectivity index (χ4n) is 2.20. The van der Waals surface area contributed by atoms with Gasteiger partial charge < -0.3 is 4.74 Å². The van der Waals surface area contributed by atoms with Crippen molar-refractivity contribution in [3.8, 4) is 0 Å². The molecule has 0 radical (unpaired) electrons. The Morgan fingerprint density at radius 1 is 1.26 bits per heavy atom. The second-order valence-corrected chi connectivity index (χ2v) is 5.31. The van der Waals surface area contributed by atoms with Gasteiger partial charge in [-0.25, -0.2) is 4.79 Å². The first-order valence-corrected chi connectivity index (χ1v) is 7.52. The van der Waals surface area contributed by atoms with Gasteiger partial charge in [-0.2, -0.15) is 13.2 Å². The predicted octanol–water partition coefficient (Wildman–Crippen LogP) is 4.69. The third-order valence-electron chi connectivity index (χ3n) is 3.45. The summed E-state index contributed by atoms with van der Waals surface area (Å²) in [7, 11) is 0. The largest absolute Gasteiger partial charge is 0.462 e. The van der Waals surface area contributed by atoms with E-state index in [-0.39, 0.29) is 6.42 Å². The second-order valence-electron chi connectivity index (χ2n) is 5.31. The van der Waals surface area contributed by atoms with Gasteiger partial charge in [-0.05, 0) is 36.6 Å². The van der Waals surface area contributed by atoms with Crippen LogP contribution in [-0.4, -0.2) is 23.7 Å². The number of aromatic nitrogens is 1. The number of alkyl halides is 3. The van der Waals surface area contributed by atoms with Crippen LogP contribution in [0.1, 0.15) is 42.1 Å². The number of hydrogen-bond acceptors (Lipinski definition) is 3. The highest BCUT2D eigenvalue weighted by Crippen LogP contribution is 2.25. The zero-order chi connectivity index (χ0) is 16.9. The molecule has 0 unspecified atom stereocenters. The Morgan fingerprint density at radius 3 is 2.74 bits per heavy atom. The van der Waals surface area contributed by atoms with E-state index in [0.717, 1.165) is 12.8 Å². The van der Waals surface area contributed by atoms with Crippen LogP contribution in [0.2, 0.25) is 0 Å². The molecule has 23 heavy (non-hydrogen) atoms.